The van der Waals surface area contributed by atoms with Crippen LogP contribution in [0, 0.1) is 0 Å². The van der Waals surface area contributed by atoms with Crippen molar-refractivity contribution in [3.8, 4) is 5.75 Å². The molecule has 0 aliphatic heterocycles. The van der Waals surface area contributed by atoms with Gasteiger partial charge in [-0.05, 0) is 6.07 Å². The first kappa shape index (κ1) is 9.75. The maximum atomic E-state index is 9.21. The van der Waals surface area contributed by atoms with Crippen molar-refractivity contribution in [3.05, 3.63) is 29.8 Å². The lowest BCUT2D eigenvalue weighted by molar-refractivity contribution is 0.456. The molecule has 0 aliphatic carbocycles. The molecule has 3 nitrogen and oxygen atoms in total. The first-order chi connectivity index (χ1) is 5.49. The summed E-state index contributed by atoms with van der Waals surface area (Å²) in [5.74, 6) is 0.0330. The number of phenols is 1. The standard InChI is InChI=1S/C7H8ClO3P/c8-12(10,11)5-6-3-1-2-4-7(6)9/h1-4,10-11H,5H2/p+1. The van der Waals surface area contributed by atoms with Gasteiger partial charge in [0.1, 0.15) is 5.75 Å². The highest BCUT2D eigenvalue weighted by Crippen LogP contribution is 2.59. The second-order valence-corrected chi connectivity index (χ2v) is 5.66. The molecule has 1 aromatic rings. The number of hydrogen-bond donors (Lipinski definition) is 3. The van der Waals surface area contributed by atoms with Gasteiger partial charge in [-0.2, -0.15) is 0 Å². The van der Waals surface area contributed by atoms with Gasteiger partial charge in [0, 0.05) is 5.56 Å². The van der Waals surface area contributed by atoms with Crippen LogP contribution >= 0.6 is 18.3 Å². The second-order valence-electron chi connectivity index (χ2n) is 2.43. The number of para-hydroxylation sites is 1. The van der Waals surface area contributed by atoms with E-state index in [-0.39, 0.29) is 11.9 Å². The van der Waals surface area contributed by atoms with E-state index in [0.29, 0.717) is 5.56 Å². The molecule has 5 heteroatoms. The van der Waals surface area contributed by atoms with Crippen molar-refractivity contribution in [2.24, 2.45) is 0 Å². The molecule has 0 radical (unpaired) electrons. The Morgan fingerprint density at radius 1 is 1.25 bits per heavy atom. The van der Waals surface area contributed by atoms with Crippen molar-refractivity contribution in [2.75, 3.05) is 0 Å². The molecule has 0 aliphatic rings. The van der Waals surface area contributed by atoms with E-state index < -0.39 is 7.07 Å². The minimum absolute atomic E-state index is 0.0330. The van der Waals surface area contributed by atoms with Crippen LogP contribution in [0.2, 0.25) is 0 Å². The molecule has 12 heavy (non-hydrogen) atoms. The molecular formula is C7H9ClO3P+. The third-order valence-electron chi connectivity index (χ3n) is 1.36. The lowest BCUT2D eigenvalue weighted by atomic mass is 10.2. The van der Waals surface area contributed by atoms with E-state index in [4.69, 9.17) is 21.0 Å². The highest BCUT2D eigenvalue weighted by Gasteiger charge is 2.31. The summed E-state index contributed by atoms with van der Waals surface area (Å²) in [5, 5.41) is 9.21. The predicted molar refractivity (Wildman–Crippen MR) is 49.0 cm³/mol. The maximum absolute atomic E-state index is 9.21. The van der Waals surface area contributed by atoms with Crippen LogP contribution in [0.3, 0.4) is 0 Å². The van der Waals surface area contributed by atoms with Crippen molar-refractivity contribution in [1.82, 2.24) is 0 Å². The third kappa shape index (κ3) is 2.95. The van der Waals surface area contributed by atoms with E-state index in [1.165, 1.54) is 6.07 Å². The number of halogens is 1. The number of phenolic OH excluding ortho intramolecular Hbond substituents is 1. The minimum atomic E-state index is -3.35. The SMILES string of the molecule is Oc1ccccc1C[P+](O)(O)Cl. The topological polar surface area (TPSA) is 60.7 Å². The first-order valence-electron chi connectivity index (χ1n) is 3.29. The van der Waals surface area contributed by atoms with Crippen LogP contribution in [-0.2, 0) is 6.16 Å². The normalized spacial score (nSPS) is 11.6. The molecule has 0 amide bonds. The van der Waals surface area contributed by atoms with E-state index in [0.717, 1.165) is 0 Å². The fourth-order valence-corrected chi connectivity index (χ4v) is 1.95. The highest BCUT2D eigenvalue weighted by molar-refractivity contribution is 7.89. The Balaban J connectivity index is 2.83. The molecule has 0 atom stereocenters. The van der Waals surface area contributed by atoms with Crippen molar-refractivity contribution in [2.45, 2.75) is 6.16 Å². The van der Waals surface area contributed by atoms with E-state index in [2.05, 4.69) is 0 Å². The molecule has 3 N–H and O–H groups in total. The summed E-state index contributed by atoms with van der Waals surface area (Å²) in [4.78, 5) is 17.8. The fraction of sp³-hybridized carbons (Fsp3) is 0.143. The molecule has 0 fully saturated rings. The van der Waals surface area contributed by atoms with Gasteiger partial charge in [-0.1, -0.05) is 18.2 Å². The van der Waals surface area contributed by atoms with Gasteiger partial charge in [-0.3, -0.25) is 0 Å². The Kier molecular flexibility index (Phi) is 2.91. The van der Waals surface area contributed by atoms with Crippen LogP contribution in [0.4, 0.5) is 0 Å². The molecule has 0 spiro atoms. The van der Waals surface area contributed by atoms with Gasteiger partial charge in [-0.25, -0.2) is 9.79 Å². The van der Waals surface area contributed by atoms with Crippen molar-refractivity contribution in [3.63, 3.8) is 0 Å². The van der Waals surface area contributed by atoms with Crippen molar-refractivity contribution < 1.29 is 14.9 Å². The van der Waals surface area contributed by atoms with E-state index in [9.17, 15) is 5.11 Å². The van der Waals surface area contributed by atoms with Crippen molar-refractivity contribution in [1.29, 1.82) is 0 Å². The molecule has 0 saturated carbocycles. The molecule has 0 unspecified atom stereocenters. The Bertz CT molecular complexity index is 272. The zero-order chi connectivity index (χ0) is 9.19. The maximum Gasteiger partial charge on any atom is 0.370 e. The summed E-state index contributed by atoms with van der Waals surface area (Å²) in [6.45, 7) is 0. The van der Waals surface area contributed by atoms with Gasteiger partial charge in [0.15, 0.2) is 17.4 Å². The molecule has 0 aromatic heterocycles. The van der Waals surface area contributed by atoms with Gasteiger partial charge in [-0.15, -0.1) is 0 Å². The average Bonchev–Trinajstić information content (AvgIpc) is 1.91. The van der Waals surface area contributed by atoms with Gasteiger partial charge < -0.3 is 5.11 Å². The van der Waals surface area contributed by atoms with Crippen LogP contribution in [0.15, 0.2) is 24.3 Å². The van der Waals surface area contributed by atoms with E-state index in [1.807, 2.05) is 0 Å². The Morgan fingerprint density at radius 2 is 1.83 bits per heavy atom. The van der Waals surface area contributed by atoms with Gasteiger partial charge in [0.05, 0.1) is 0 Å². The van der Waals surface area contributed by atoms with Gasteiger partial charge in [0.25, 0.3) is 0 Å². The molecule has 0 bridgehead atoms. The minimum Gasteiger partial charge on any atom is -0.508 e. The van der Waals surface area contributed by atoms with Crippen LogP contribution in [0.25, 0.3) is 0 Å². The van der Waals surface area contributed by atoms with E-state index >= 15 is 0 Å². The van der Waals surface area contributed by atoms with Gasteiger partial charge >= 0.3 is 7.07 Å². The van der Waals surface area contributed by atoms with Crippen LogP contribution in [0.1, 0.15) is 5.56 Å². The second kappa shape index (κ2) is 3.58. The molecule has 66 valence electrons. The van der Waals surface area contributed by atoms with Gasteiger partial charge in [0.2, 0.25) is 0 Å². The zero-order valence-electron chi connectivity index (χ0n) is 6.18. The quantitative estimate of drug-likeness (QED) is 0.649. The average molecular weight is 208 g/mol. The highest BCUT2D eigenvalue weighted by atomic mass is 35.7. The number of hydrogen-bond acceptors (Lipinski definition) is 3. The van der Waals surface area contributed by atoms with Crippen LogP contribution in [0.5, 0.6) is 5.75 Å². The number of rotatable bonds is 2. The number of aromatic hydroxyl groups is 1. The fourth-order valence-electron chi connectivity index (χ4n) is 0.861. The molecular weight excluding hydrogens is 199 g/mol. The molecule has 1 rings (SSSR count). The van der Waals surface area contributed by atoms with Crippen molar-refractivity contribution >= 4 is 18.3 Å². The lowest BCUT2D eigenvalue weighted by Crippen LogP contribution is -1.88. The first-order valence-corrected chi connectivity index (χ1v) is 6.07. The number of benzene rings is 1. The Morgan fingerprint density at radius 3 is 2.33 bits per heavy atom. The largest absolute Gasteiger partial charge is 0.508 e. The molecule has 0 heterocycles. The van der Waals surface area contributed by atoms with Crippen LogP contribution < -0.4 is 0 Å². The smallest absolute Gasteiger partial charge is 0.370 e. The lowest BCUT2D eigenvalue weighted by Gasteiger charge is -2.04. The molecule has 0 saturated heterocycles. The summed E-state index contributed by atoms with van der Waals surface area (Å²) >= 11 is 5.25. The monoisotopic (exact) mass is 207 g/mol. The Hall–Kier alpha value is -0.340. The zero-order valence-corrected chi connectivity index (χ0v) is 7.83. The third-order valence-corrected chi connectivity index (χ3v) is 2.46. The van der Waals surface area contributed by atoms with Crippen LogP contribution in [-0.4, -0.2) is 14.9 Å². The van der Waals surface area contributed by atoms with E-state index in [1.54, 1.807) is 18.2 Å². The summed E-state index contributed by atoms with van der Waals surface area (Å²) < 4.78 is 0. The summed E-state index contributed by atoms with van der Waals surface area (Å²) in [6, 6.07) is 6.42. The summed E-state index contributed by atoms with van der Waals surface area (Å²) in [5.41, 5.74) is 0.450. The summed E-state index contributed by atoms with van der Waals surface area (Å²) in [6.07, 6.45) is -0.0960. The molecule has 1 aromatic carbocycles. The predicted octanol–water partition coefficient (Wildman–Crippen LogP) is 1.88. The summed E-state index contributed by atoms with van der Waals surface area (Å²) in [7, 11) is -3.35. The Labute approximate surface area is 75.5 Å².